The zero-order chi connectivity index (χ0) is 15.3. The second kappa shape index (κ2) is 6.38. The van der Waals surface area contributed by atoms with E-state index in [1.54, 1.807) is 0 Å². The van der Waals surface area contributed by atoms with Gasteiger partial charge in [-0.3, -0.25) is 0 Å². The summed E-state index contributed by atoms with van der Waals surface area (Å²) in [5, 5.41) is 19.9. The smallest absolute Gasteiger partial charge is 0.338 e. The van der Waals surface area contributed by atoms with Gasteiger partial charge in [0.05, 0.1) is 26.7 Å². The number of rotatable bonds is 6. The summed E-state index contributed by atoms with van der Waals surface area (Å²) in [7, 11) is 5.46. The Hall–Kier alpha value is -2.08. The summed E-state index contributed by atoms with van der Waals surface area (Å²) in [4.78, 5) is 22.5. The standard InChI is InChI=1S/C14H19NO5/c1-15(2,3)11(8-13(17)18)9-20-14(19)10-4-6-12(16)7-5-10/h4-7,11H,8-9H2,1-3H3,(H-,16,17,18,19). The fourth-order valence-electron chi connectivity index (χ4n) is 1.60. The molecule has 0 radical (unpaired) electrons. The van der Waals surface area contributed by atoms with Gasteiger partial charge in [0, 0.05) is 12.4 Å². The fraction of sp³-hybridized carbons (Fsp3) is 0.429. The molecule has 0 heterocycles. The van der Waals surface area contributed by atoms with Crippen LogP contribution in [0.25, 0.3) is 0 Å². The number of hydrogen-bond donors (Lipinski definition) is 1. The first-order valence-corrected chi connectivity index (χ1v) is 6.17. The van der Waals surface area contributed by atoms with Crippen molar-refractivity contribution >= 4 is 11.9 Å². The maximum Gasteiger partial charge on any atom is 0.338 e. The van der Waals surface area contributed by atoms with Crippen LogP contribution in [-0.2, 0) is 9.53 Å². The Kier molecular flexibility index (Phi) is 5.10. The van der Waals surface area contributed by atoms with E-state index in [1.165, 1.54) is 24.3 Å². The van der Waals surface area contributed by atoms with Crippen LogP contribution in [0.2, 0.25) is 0 Å². The van der Waals surface area contributed by atoms with Gasteiger partial charge in [-0.15, -0.1) is 0 Å². The number of benzene rings is 1. The Labute approximate surface area is 117 Å². The second-order valence-corrected chi connectivity index (χ2v) is 5.49. The molecule has 6 heteroatoms. The van der Waals surface area contributed by atoms with Gasteiger partial charge in [-0.25, -0.2) is 4.79 Å². The number of aromatic hydroxyl groups is 1. The lowest BCUT2D eigenvalue weighted by Crippen LogP contribution is -2.50. The highest BCUT2D eigenvalue weighted by atomic mass is 16.5. The predicted molar refractivity (Wildman–Crippen MR) is 69.8 cm³/mol. The monoisotopic (exact) mass is 281 g/mol. The summed E-state index contributed by atoms with van der Waals surface area (Å²) < 4.78 is 5.47. The number of phenols is 1. The number of nitrogens with zero attached hydrogens (tertiary/aromatic N) is 1. The molecule has 1 aromatic carbocycles. The van der Waals surface area contributed by atoms with Crippen LogP contribution in [0.3, 0.4) is 0 Å². The minimum Gasteiger partial charge on any atom is -0.550 e. The van der Waals surface area contributed by atoms with Crippen LogP contribution in [-0.4, -0.2) is 55.3 Å². The van der Waals surface area contributed by atoms with E-state index in [1.807, 2.05) is 21.1 Å². The number of quaternary nitrogens is 1. The van der Waals surface area contributed by atoms with Gasteiger partial charge >= 0.3 is 5.97 Å². The molecule has 0 spiro atoms. The minimum absolute atomic E-state index is 0.0167. The first kappa shape index (κ1) is 16.0. The molecule has 0 fully saturated rings. The summed E-state index contributed by atoms with van der Waals surface area (Å²) in [6.07, 6.45) is -0.188. The highest BCUT2D eigenvalue weighted by Crippen LogP contribution is 2.12. The van der Waals surface area contributed by atoms with Gasteiger partial charge in [0.15, 0.2) is 0 Å². The highest BCUT2D eigenvalue weighted by molar-refractivity contribution is 5.89. The summed E-state index contributed by atoms with van der Waals surface area (Å²) in [6.45, 7) is -0.0167. The second-order valence-electron chi connectivity index (χ2n) is 5.49. The van der Waals surface area contributed by atoms with E-state index in [4.69, 9.17) is 9.84 Å². The molecule has 0 amide bonds. The molecule has 1 rings (SSSR count). The Balaban J connectivity index is 2.65. The minimum atomic E-state index is -1.18. The summed E-state index contributed by atoms with van der Waals surface area (Å²) in [6, 6.07) is 5.26. The van der Waals surface area contributed by atoms with Crippen molar-refractivity contribution in [2.75, 3.05) is 27.7 Å². The van der Waals surface area contributed by atoms with Gasteiger partial charge in [0.2, 0.25) is 0 Å². The molecule has 0 saturated carbocycles. The summed E-state index contributed by atoms with van der Waals surface area (Å²) >= 11 is 0. The van der Waals surface area contributed by atoms with Gasteiger partial charge in [-0.05, 0) is 24.3 Å². The molecule has 0 saturated heterocycles. The average molecular weight is 281 g/mol. The Morgan fingerprint density at radius 3 is 2.25 bits per heavy atom. The lowest BCUT2D eigenvalue weighted by Gasteiger charge is -2.34. The third kappa shape index (κ3) is 4.89. The third-order valence-electron chi connectivity index (χ3n) is 3.01. The topological polar surface area (TPSA) is 86.7 Å². The number of carbonyl (C=O) groups is 2. The van der Waals surface area contributed by atoms with Gasteiger partial charge in [0.25, 0.3) is 0 Å². The molecule has 1 N–H and O–H groups in total. The van der Waals surface area contributed by atoms with Crippen molar-refractivity contribution in [2.24, 2.45) is 0 Å². The molecule has 110 valence electrons. The van der Waals surface area contributed by atoms with Crippen molar-refractivity contribution in [3.63, 3.8) is 0 Å². The van der Waals surface area contributed by atoms with Crippen LogP contribution in [0.4, 0.5) is 0 Å². The lowest BCUT2D eigenvalue weighted by molar-refractivity contribution is -0.896. The number of carboxylic acids is 1. The van der Waals surface area contributed by atoms with E-state index in [0.717, 1.165) is 0 Å². The molecule has 0 aromatic heterocycles. The first-order valence-electron chi connectivity index (χ1n) is 6.17. The van der Waals surface area contributed by atoms with Crippen molar-refractivity contribution in [3.8, 4) is 5.75 Å². The number of ether oxygens (including phenoxy) is 1. The normalized spacial score (nSPS) is 12.8. The average Bonchev–Trinajstić information content (AvgIpc) is 2.33. The zero-order valence-electron chi connectivity index (χ0n) is 11.8. The van der Waals surface area contributed by atoms with Gasteiger partial charge in [0.1, 0.15) is 18.4 Å². The van der Waals surface area contributed by atoms with Crippen LogP contribution in [0.15, 0.2) is 24.3 Å². The number of phenolic OH excluding ortho intramolecular Hbond substituents is 1. The molecular weight excluding hydrogens is 262 g/mol. The van der Waals surface area contributed by atoms with Crippen LogP contribution in [0.5, 0.6) is 5.75 Å². The molecule has 1 aromatic rings. The third-order valence-corrected chi connectivity index (χ3v) is 3.01. The first-order chi connectivity index (χ1) is 9.20. The van der Waals surface area contributed by atoms with Gasteiger partial charge in [-0.1, -0.05) is 0 Å². The van der Waals surface area contributed by atoms with E-state index in [-0.39, 0.29) is 24.8 Å². The number of likely N-dealkylation sites (N-methyl/N-ethyl adjacent to an activating group) is 1. The molecule has 6 nitrogen and oxygen atoms in total. The number of carbonyl (C=O) groups excluding carboxylic acids is 2. The molecule has 20 heavy (non-hydrogen) atoms. The summed E-state index contributed by atoms with van der Waals surface area (Å²) in [5.74, 6) is -1.67. The molecule has 0 aliphatic rings. The van der Waals surface area contributed by atoms with Crippen LogP contribution in [0.1, 0.15) is 16.8 Å². The van der Waals surface area contributed by atoms with Crippen LogP contribution in [0, 0.1) is 0 Å². The van der Waals surface area contributed by atoms with E-state index in [0.29, 0.717) is 10.0 Å². The number of esters is 1. The van der Waals surface area contributed by atoms with Gasteiger partial charge in [-0.2, -0.15) is 0 Å². The Morgan fingerprint density at radius 1 is 1.25 bits per heavy atom. The zero-order valence-corrected chi connectivity index (χ0v) is 11.8. The van der Waals surface area contributed by atoms with Crippen molar-refractivity contribution in [1.82, 2.24) is 0 Å². The Morgan fingerprint density at radius 2 is 1.80 bits per heavy atom. The van der Waals surface area contributed by atoms with E-state index < -0.39 is 11.9 Å². The number of hydrogen-bond acceptors (Lipinski definition) is 5. The van der Waals surface area contributed by atoms with Crippen LogP contribution < -0.4 is 5.11 Å². The van der Waals surface area contributed by atoms with E-state index in [9.17, 15) is 14.7 Å². The van der Waals surface area contributed by atoms with Gasteiger partial charge < -0.3 is 24.2 Å². The maximum atomic E-state index is 11.8. The van der Waals surface area contributed by atoms with Crippen molar-refractivity contribution in [2.45, 2.75) is 12.5 Å². The fourth-order valence-corrected chi connectivity index (χ4v) is 1.60. The van der Waals surface area contributed by atoms with E-state index in [2.05, 4.69) is 0 Å². The maximum absolute atomic E-state index is 11.8. The molecule has 1 atom stereocenters. The van der Waals surface area contributed by atoms with Crippen molar-refractivity contribution in [1.29, 1.82) is 0 Å². The number of carboxylic acid groups (broad SMARTS) is 1. The molecular formula is C14H19NO5. The predicted octanol–water partition coefficient (Wildman–Crippen LogP) is -0.236. The lowest BCUT2D eigenvalue weighted by atomic mass is 10.1. The molecule has 1 unspecified atom stereocenters. The molecule has 0 bridgehead atoms. The highest BCUT2D eigenvalue weighted by Gasteiger charge is 2.25. The SMILES string of the molecule is C[N+](C)(C)C(COC(=O)c1ccc(O)cc1)CC(=O)[O-]. The largest absolute Gasteiger partial charge is 0.550 e. The molecule has 0 aliphatic heterocycles. The number of aliphatic carboxylic acids is 1. The van der Waals surface area contributed by atoms with Crippen molar-refractivity contribution < 1.29 is 29.0 Å². The van der Waals surface area contributed by atoms with Crippen LogP contribution >= 0.6 is 0 Å². The summed E-state index contributed by atoms with van der Waals surface area (Å²) in [5.41, 5.74) is 0.302. The Bertz CT molecular complexity index is 475. The van der Waals surface area contributed by atoms with E-state index >= 15 is 0 Å². The van der Waals surface area contributed by atoms with Crippen molar-refractivity contribution in [3.05, 3.63) is 29.8 Å². The quantitative estimate of drug-likeness (QED) is 0.574. The molecule has 0 aliphatic carbocycles.